The molecule has 0 heterocycles. The highest BCUT2D eigenvalue weighted by molar-refractivity contribution is 7.89. The molecule has 0 fully saturated rings. The molecule has 0 radical (unpaired) electrons. The van der Waals surface area contributed by atoms with Gasteiger partial charge in [-0.25, -0.2) is 4.83 Å². The van der Waals surface area contributed by atoms with Crippen molar-refractivity contribution in [1.82, 2.24) is 4.83 Å². The highest BCUT2D eigenvalue weighted by Crippen LogP contribution is 2.36. The molecule has 6 nitrogen and oxygen atoms in total. The van der Waals surface area contributed by atoms with Crippen molar-refractivity contribution in [2.45, 2.75) is 25.7 Å². The highest BCUT2D eigenvalue weighted by Gasteiger charge is 2.14. The number of nitrogens with zero attached hydrogens (tertiary/aromatic N) is 1. The molecule has 1 N–H and O–H groups in total. The third-order valence-electron chi connectivity index (χ3n) is 3.33. The monoisotopic (exact) mass is 410 g/mol. The summed E-state index contributed by atoms with van der Waals surface area (Å²) in [5.74, 6) is 1.29. The zero-order valence-electron chi connectivity index (χ0n) is 15.5. The van der Waals surface area contributed by atoms with Gasteiger partial charge in [-0.05, 0) is 42.7 Å². The number of nitrogens with one attached hydrogen (secondary N) is 1. The minimum absolute atomic E-state index is 0.132. The van der Waals surface area contributed by atoms with E-state index in [1.807, 2.05) is 20.8 Å². The predicted molar refractivity (Wildman–Crippen MR) is 107 cm³/mol. The Kier molecular flexibility index (Phi) is 7.50. The minimum atomic E-state index is -3.72. The molecule has 0 aromatic heterocycles. The molecule has 146 valence electrons. The summed E-state index contributed by atoms with van der Waals surface area (Å²) < 4.78 is 35.7. The summed E-state index contributed by atoms with van der Waals surface area (Å²) >= 11 is 6.31. The Hall–Kier alpha value is -2.25. The molecule has 2 rings (SSSR count). The van der Waals surface area contributed by atoms with Crippen molar-refractivity contribution in [3.8, 4) is 11.5 Å². The lowest BCUT2D eigenvalue weighted by atomic mass is 10.2. The van der Waals surface area contributed by atoms with Crippen molar-refractivity contribution in [3.05, 3.63) is 53.1 Å². The molecule has 0 unspecified atom stereocenters. The van der Waals surface area contributed by atoms with Gasteiger partial charge in [0.15, 0.2) is 11.5 Å². The Morgan fingerprint density at radius 1 is 1.19 bits per heavy atom. The van der Waals surface area contributed by atoms with Crippen LogP contribution in [0.4, 0.5) is 0 Å². The largest absolute Gasteiger partial charge is 0.490 e. The van der Waals surface area contributed by atoms with Gasteiger partial charge in [0.25, 0.3) is 10.0 Å². The summed E-state index contributed by atoms with van der Waals surface area (Å²) in [7, 11) is -3.72. The summed E-state index contributed by atoms with van der Waals surface area (Å²) in [5, 5.41) is 4.19. The van der Waals surface area contributed by atoms with Crippen LogP contribution in [0, 0.1) is 5.92 Å². The number of halogens is 1. The maximum absolute atomic E-state index is 12.2. The van der Waals surface area contributed by atoms with Gasteiger partial charge in [-0.3, -0.25) is 0 Å². The van der Waals surface area contributed by atoms with Crippen LogP contribution in [0.15, 0.2) is 52.5 Å². The number of hydrazone groups is 1. The first-order valence-electron chi connectivity index (χ1n) is 8.52. The zero-order valence-corrected chi connectivity index (χ0v) is 17.0. The zero-order chi connectivity index (χ0) is 19.9. The van der Waals surface area contributed by atoms with Crippen molar-refractivity contribution in [2.75, 3.05) is 13.2 Å². The van der Waals surface area contributed by atoms with E-state index in [0.717, 1.165) is 0 Å². The molecule has 0 amide bonds. The first kappa shape index (κ1) is 21.1. The van der Waals surface area contributed by atoms with E-state index in [2.05, 4.69) is 9.93 Å². The molecule has 8 heteroatoms. The van der Waals surface area contributed by atoms with Crippen LogP contribution in [0.1, 0.15) is 26.3 Å². The Bertz CT molecular complexity index is 884. The Balaban J connectivity index is 2.19. The fraction of sp³-hybridized carbons (Fsp3) is 0.316. The highest BCUT2D eigenvalue weighted by atomic mass is 35.5. The van der Waals surface area contributed by atoms with Crippen LogP contribution in [0.2, 0.25) is 5.02 Å². The van der Waals surface area contributed by atoms with Gasteiger partial charge in [0.2, 0.25) is 0 Å². The first-order chi connectivity index (χ1) is 12.8. The van der Waals surface area contributed by atoms with Gasteiger partial charge >= 0.3 is 0 Å². The van der Waals surface area contributed by atoms with E-state index in [1.165, 1.54) is 18.3 Å². The minimum Gasteiger partial charge on any atom is -0.490 e. The molecule has 0 aliphatic carbocycles. The van der Waals surface area contributed by atoms with Crippen LogP contribution >= 0.6 is 11.6 Å². The molecular formula is C19H23ClN2O4S. The molecule has 0 saturated carbocycles. The number of sulfonamides is 1. The maximum Gasteiger partial charge on any atom is 0.276 e. The fourth-order valence-electron chi connectivity index (χ4n) is 2.14. The molecule has 0 spiro atoms. The standard InChI is InChI=1S/C19H23ClN2O4S/c1-4-25-18-11-15(10-17(20)19(18)26-13-14(2)3)12-21-22-27(23,24)16-8-6-5-7-9-16/h5-12,14,22H,4,13H2,1-3H3/b21-12+. The Morgan fingerprint density at radius 2 is 1.89 bits per heavy atom. The quantitative estimate of drug-likeness (QED) is 0.499. The van der Waals surface area contributed by atoms with E-state index < -0.39 is 10.0 Å². The number of hydrogen-bond acceptors (Lipinski definition) is 5. The molecule has 0 aliphatic rings. The average Bonchev–Trinajstić information content (AvgIpc) is 2.61. The summed E-state index contributed by atoms with van der Waals surface area (Å²) in [4.78, 5) is 2.31. The van der Waals surface area contributed by atoms with Crippen molar-refractivity contribution in [1.29, 1.82) is 0 Å². The van der Waals surface area contributed by atoms with Gasteiger partial charge in [0.05, 0.1) is 29.3 Å². The lowest BCUT2D eigenvalue weighted by molar-refractivity contribution is 0.248. The maximum atomic E-state index is 12.2. The normalized spacial score (nSPS) is 11.7. The van der Waals surface area contributed by atoms with Crippen molar-refractivity contribution < 1.29 is 17.9 Å². The van der Waals surface area contributed by atoms with Gasteiger partial charge < -0.3 is 9.47 Å². The van der Waals surface area contributed by atoms with E-state index >= 15 is 0 Å². The third-order valence-corrected chi connectivity index (χ3v) is 4.85. The Morgan fingerprint density at radius 3 is 2.52 bits per heavy atom. The molecule has 2 aromatic rings. The summed E-state index contributed by atoms with van der Waals surface area (Å²) in [6, 6.07) is 11.3. The smallest absolute Gasteiger partial charge is 0.276 e. The molecule has 0 saturated heterocycles. The van der Waals surface area contributed by atoms with E-state index in [-0.39, 0.29) is 4.90 Å². The van der Waals surface area contributed by atoms with E-state index in [0.29, 0.717) is 41.2 Å². The first-order valence-corrected chi connectivity index (χ1v) is 10.4. The van der Waals surface area contributed by atoms with Crippen LogP contribution in [0.5, 0.6) is 11.5 Å². The van der Waals surface area contributed by atoms with Crippen LogP contribution in [0.25, 0.3) is 0 Å². The summed E-state index contributed by atoms with van der Waals surface area (Å²) in [5.41, 5.74) is 0.580. The third kappa shape index (κ3) is 6.15. The van der Waals surface area contributed by atoms with Gasteiger partial charge in [-0.1, -0.05) is 43.6 Å². The predicted octanol–water partition coefficient (Wildman–Crippen LogP) is 4.09. The second-order valence-corrected chi connectivity index (χ2v) is 8.20. The second-order valence-electron chi connectivity index (χ2n) is 6.13. The van der Waals surface area contributed by atoms with E-state index in [9.17, 15) is 8.42 Å². The number of hydrogen-bond donors (Lipinski definition) is 1. The van der Waals surface area contributed by atoms with Crippen molar-refractivity contribution >= 4 is 27.8 Å². The van der Waals surface area contributed by atoms with Crippen molar-refractivity contribution in [2.24, 2.45) is 11.0 Å². The van der Waals surface area contributed by atoms with Crippen molar-refractivity contribution in [3.63, 3.8) is 0 Å². The lowest BCUT2D eigenvalue weighted by Crippen LogP contribution is -2.18. The topological polar surface area (TPSA) is 77.0 Å². The van der Waals surface area contributed by atoms with Gasteiger partial charge in [0, 0.05) is 0 Å². The average molecular weight is 411 g/mol. The van der Waals surface area contributed by atoms with E-state index in [4.69, 9.17) is 21.1 Å². The summed E-state index contributed by atoms with van der Waals surface area (Å²) in [6.45, 7) is 6.87. The van der Waals surface area contributed by atoms with Crippen LogP contribution < -0.4 is 14.3 Å². The summed E-state index contributed by atoms with van der Waals surface area (Å²) in [6.07, 6.45) is 1.36. The van der Waals surface area contributed by atoms with E-state index in [1.54, 1.807) is 30.3 Å². The number of rotatable bonds is 9. The van der Waals surface area contributed by atoms with Gasteiger partial charge in [-0.2, -0.15) is 13.5 Å². The molecule has 27 heavy (non-hydrogen) atoms. The second kappa shape index (κ2) is 9.62. The number of benzene rings is 2. The molecule has 2 aromatic carbocycles. The Labute approximate surface area is 165 Å². The van der Waals surface area contributed by atoms with Crippen LogP contribution in [-0.2, 0) is 10.0 Å². The SMILES string of the molecule is CCOc1cc(/C=N/NS(=O)(=O)c2ccccc2)cc(Cl)c1OCC(C)C. The lowest BCUT2D eigenvalue weighted by Gasteiger charge is -2.15. The number of ether oxygens (including phenoxy) is 2. The van der Waals surface area contributed by atoms with Gasteiger partial charge in [0.1, 0.15) is 0 Å². The van der Waals surface area contributed by atoms with Crippen LogP contribution in [-0.4, -0.2) is 27.8 Å². The molecule has 0 bridgehead atoms. The fourth-order valence-corrected chi connectivity index (χ4v) is 3.22. The molecule has 0 atom stereocenters. The molecular weight excluding hydrogens is 388 g/mol. The molecule has 0 aliphatic heterocycles. The van der Waals surface area contributed by atoms with Gasteiger partial charge in [-0.15, -0.1) is 0 Å². The van der Waals surface area contributed by atoms with Crippen LogP contribution in [0.3, 0.4) is 0 Å².